The Morgan fingerprint density at radius 2 is 1.63 bits per heavy atom. The molecule has 0 saturated heterocycles. The van der Waals surface area contributed by atoms with Crippen LogP contribution in [0.1, 0.15) is 11.5 Å². The summed E-state index contributed by atoms with van der Waals surface area (Å²) in [5.74, 6) is 1.12. The Hall–Kier alpha value is -2.13. The summed E-state index contributed by atoms with van der Waals surface area (Å²) in [6, 6.07) is 17.4. The summed E-state index contributed by atoms with van der Waals surface area (Å²) in [7, 11) is 0. The van der Waals surface area contributed by atoms with Gasteiger partial charge in [0.2, 0.25) is 11.8 Å². The van der Waals surface area contributed by atoms with Gasteiger partial charge >= 0.3 is 0 Å². The van der Waals surface area contributed by atoms with Crippen LogP contribution in [-0.4, -0.2) is 10.2 Å². The first-order valence-corrected chi connectivity index (χ1v) is 6.31. The second-order valence-electron chi connectivity index (χ2n) is 4.17. The molecule has 0 saturated carbocycles. The van der Waals surface area contributed by atoms with Crippen LogP contribution in [0.4, 0.5) is 0 Å². The SMILES string of the molecule is Clc1ccc(-c2nnc(Cc3ccccc3)o2)cc1. The molecule has 0 aliphatic rings. The summed E-state index contributed by atoms with van der Waals surface area (Å²) >= 11 is 5.85. The molecule has 0 fully saturated rings. The number of nitrogens with zero attached hydrogens (tertiary/aromatic N) is 2. The summed E-state index contributed by atoms with van der Waals surface area (Å²) in [5, 5.41) is 8.80. The summed E-state index contributed by atoms with van der Waals surface area (Å²) in [6.45, 7) is 0. The lowest BCUT2D eigenvalue weighted by molar-refractivity contribution is 0.518. The topological polar surface area (TPSA) is 38.9 Å². The average molecular weight is 271 g/mol. The van der Waals surface area contributed by atoms with Crippen LogP contribution in [0.3, 0.4) is 0 Å². The zero-order chi connectivity index (χ0) is 13.1. The van der Waals surface area contributed by atoms with Gasteiger partial charge in [0.1, 0.15) is 0 Å². The lowest BCUT2D eigenvalue weighted by Gasteiger charge is -1.96. The first-order chi connectivity index (χ1) is 9.31. The van der Waals surface area contributed by atoms with Crippen LogP contribution in [0.25, 0.3) is 11.5 Å². The molecule has 0 radical (unpaired) electrons. The van der Waals surface area contributed by atoms with Crippen LogP contribution in [0.15, 0.2) is 59.0 Å². The number of rotatable bonds is 3. The Bertz CT molecular complexity index is 662. The van der Waals surface area contributed by atoms with Gasteiger partial charge in [-0.2, -0.15) is 0 Å². The molecule has 19 heavy (non-hydrogen) atoms. The van der Waals surface area contributed by atoms with E-state index < -0.39 is 0 Å². The molecule has 94 valence electrons. The van der Waals surface area contributed by atoms with Crippen molar-refractivity contribution in [2.45, 2.75) is 6.42 Å². The predicted molar refractivity (Wildman–Crippen MR) is 74.0 cm³/mol. The van der Waals surface area contributed by atoms with Crippen LogP contribution in [0, 0.1) is 0 Å². The molecule has 0 atom stereocenters. The summed E-state index contributed by atoms with van der Waals surface area (Å²) in [4.78, 5) is 0. The zero-order valence-corrected chi connectivity index (χ0v) is 10.8. The van der Waals surface area contributed by atoms with Gasteiger partial charge in [0.25, 0.3) is 0 Å². The highest BCUT2D eigenvalue weighted by molar-refractivity contribution is 6.30. The molecule has 4 heteroatoms. The summed E-state index contributed by atoms with van der Waals surface area (Å²) in [5.41, 5.74) is 2.02. The molecule has 0 spiro atoms. The number of hydrogen-bond donors (Lipinski definition) is 0. The smallest absolute Gasteiger partial charge is 0.247 e. The Morgan fingerprint density at radius 1 is 0.895 bits per heavy atom. The molecule has 0 bridgehead atoms. The van der Waals surface area contributed by atoms with E-state index in [4.69, 9.17) is 16.0 Å². The molecule has 0 aliphatic carbocycles. The number of benzene rings is 2. The van der Waals surface area contributed by atoms with Gasteiger partial charge in [-0.25, -0.2) is 0 Å². The van der Waals surface area contributed by atoms with Crippen molar-refractivity contribution in [3.63, 3.8) is 0 Å². The standard InChI is InChI=1S/C15H11ClN2O/c16-13-8-6-12(7-9-13)15-18-17-14(19-15)10-11-4-2-1-3-5-11/h1-9H,10H2. The zero-order valence-electron chi connectivity index (χ0n) is 10.1. The Kier molecular flexibility index (Phi) is 3.29. The van der Waals surface area contributed by atoms with Crippen molar-refractivity contribution in [2.75, 3.05) is 0 Å². The maximum absolute atomic E-state index is 5.85. The molecule has 3 rings (SSSR count). The van der Waals surface area contributed by atoms with E-state index in [9.17, 15) is 0 Å². The van der Waals surface area contributed by atoms with E-state index >= 15 is 0 Å². The first-order valence-electron chi connectivity index (χ1n) is 5.93. The highest BCUT2D eigenvalue weighted by atomic mass is 35.5. The first kappa shape index (κ1) is 11.9. The normalized spacial score (nSPS) is 10.6. The minimum Gasteiger partial charge on any atom is -0.420 e. The third-order valence-electron chi connectivity index (χ3n) is 2.76. The fourth-order valence-electron chi connectivity index (χ4n) is 1.80. The van der Waals surface area contributed by atoms with Crippen LogP contribution in [0.2, 0.25) is 5.02 Å². The lowest BCUT2D eigenvalue weighted by atomic mass is 10.1. The molecular weight excluding hydrogens is 260 g/mol. The van der Waals surface area contributed by atoms with E-state index in [-0.39, 0.29) is 0 Å². The third-order valence-corrected chi connectivity index (χ3v) is 3.01. The number of aromatic nitrogens is 2. The Morgan fingerprint density at radius 3 is 2.37 bits per heavy atom. The van der Waals surface area contributed by atoms with E-state index in [1.807, 2.05) is 42.5 Å². The van der Waals surface area contributed by atoms with E-state index in [0.717, 1.165) is 11.1 Å². The largest absolute Gasteiger partial charge is 0.420 e. The van der Waals surface area contributed by atoms with Crippen molar-refractivity contribution in [2.24, 2.45) is 0 Å². The van der Waals surface area contributed by atoms with Crippen molar-refractivity contribution >= 4 is 11.6 Å². The van der Waals surface area contributed by atoms with Gasteiger partial charge < -0.3 is 4.42 Å². The van der Waals surface area contributed by atoms with Crippen LogP contribution in [0.5, 0.6) is 0 Å². The summed E-state index contributed by atoms with van der Waals surface area (Å²) in [6.07, 6.45) is 0.640. The highest BCUT2D eigenvalue weighted by Gasteiger charge is 2.08. The van der Waals surface area contributed by atoms with Crippen LogP contribution >= 0.6 is 11.6 Å². The van der Waals surface area contributed by atoms with Gasteiger partial charge in [-0.1, -0.05) is 41.9 Å². The second-order valence-corrected chi connectivity index (χ2v) is 4.61. The molecular formula is C15H11ClN2O. The maximum Gasteiger partial charge on any atom is 0.247 e. The maximum atomic E-state index is 5.85. The molecule has 1 aromatic heterocycles. The fourth-order valence-corrected chi connectivity index (χ4v) is 1.93. The number of hydrogen-bond acceptors (Lipinski definition) is 3. The summed E-state index contributed by atoms with van der Waals surface area (Å²) < 4.78 is 5.65. The molecule has 3 aromatic rings. The van der Waals surface area contributed by atoms with E-state index in [1.54, 1.807) is 12.1 Å². The van der Waals surface area contributed by atoms with Gasteiger partial charge in [0.05, 0.1) is 6.42 Å². The number of halogens is 1. The monoisotopic (exact) mass is 270 g/mol. The van der Waals surface area contributed by atoms with E-state index in [1.165, 1.54) is 0 Å². The third kappa shape index (κ3) is 2.83. The molecule has 0 amide bonds. The predicted octanol–water partition coefficient (Wildman–Crippen LogP) is 3.98. The van der Waals surface area contributed by atoms with Crippen molar-refractivity contribution in [3.05, 3.63) is 71.1 Å². The van der Waals surface area contributed by atoms with Gasteiger partial charge in [-0.05, 0) is 29.8 Å². The molecule has 1 heterocycles. The molecule has 0 unspecified atom stereocenters. The van der Waals surface area contributed by atoms with Crippen molar-refractivity contribution < 1.29 is 4.42 Å². The second kappa shape index (κ2) is 5.24. The van der Waals surface area contributed by atoms with Gasteiger partial charge in [-0.15, -0.1) is 10.2 Å². The quantitative estimate of drug-likeness (QED) is 0.722. The van der Waals surface area contributed by atoms with Crippen molar-refractivity contribution in [3.8, 4) is 11.5 Å². The fraction of sp³-hybridized carbons (Fsp3) is 0.0667. The minimum atomic E-state index is 0.516. The van der Waals surface area contributed by atoms with Crippen LogP contribution < -0.4 is 0 Å². The molecule has 0 N–H and O–H groups in total. The molecule has 3 nitrogen and oxygen atoms in total. The van der Waals surface area contributed by atoms with Gasteiger partial charge in [0, 0.05) is 10.6 Å². The average Bonchev–Trinajstić information content (AvgIpc) is 2.89. The van der Waals surface area contributed by atoms with E-state index in [0.29, 0.717) is 23.2 Å². The van der Waals surface area contributed by atoms with Gasteiger partial charge in [-0.3, -0.25) is 0 Å². The van der Waals surface area contributed by atoms with Crippen LogP contribution in [-0.2, 0) is 6.42 Å². The molecule has 0 aliphatic heterocycles. The Balaban J connectivity index is 1.82. The lowest BCUT2D eigenvalue weighted by Crippen LogP contribution is -1.87. The Labute approximate surface area is 115 Å². The van der Waals surface area contributed by atoms with Crippen molar-refractivity contribution in [1.82, 2.24) is 10.2 Å². The van der Waals surface area contributed by atoms with E-state index in [2.05, 4.69) is 10.2 Å². The highest BCUT2D eigenvalue weighted by Crippen LogP contribution is 2.21. The molecule has 2 aromatic carbocycles. The van der Waals surface area contributed by atoms with Crippen molar-refractivity contribution in [1.29, 1.82) is 0 Å². The minimum absolute atomic E-state index is 0.516. The van der Waals surface area contributed by atoms with Gasteiger partial charge in [0.15, 0.2) is 0 Å².